The predicted molar refractivity (Wildman–Crippen MR) is 176 cm³/mol. The Kier molecular flexibility index (Phi) is 14.0. The standard InChI is InChI=1S/C18H14F3NO2.C10H7ClO.C8H8F3NO/c1-3-12-8-13(5-4-11(12)2)17(24)22-15-7-6-14(10-23)16(9-15)18(19,20)21;1-3-8-6-9(10(11)12)5-4-7(8)2;9-8(10,11)7-3-6(12)2-1-5(7)4-13/h1,4-9,23H,10H2,2H3,(H,22,24);1,4-6H,2H3;1-3,13H,4,12H2. The summed E-state index contributed by atoms with van der Waals surface area (Å²) in [5.74, 6) is 4.35. The van der Waals surface area contributed by atoms with Crippen molar-refractivity contribution >= 4 is 34.1 Å². The van der Waals surface area contributed by atoms with Crippen LogP contribution in [0.15, 0.2) is 72.8 Å². The maximum atomic E-state index is 13.0. The van der Waals surface area contributed by atoms with Crippen LogP contribution in [0.1, 0.15) is 65.2 Å². The van der Waals surface area contributed by atoms with Gasteiger partial charge in [-0.05, 0) is 96.2 Å². The number of halogens is 7. The van der Waals surface area contributed by atoms with Crippen LogP contribution in [0.2, 0.25) is 0 Å². The number of hydrogen-bond acceptors (Lipinski definition) is 5. The number of hydrogen-bond donors (Lipinski definition) is 4. The topological polar surface area (TPSA) is 113 Å². The van der Waals surface area contributed by atoms with Gasteiger partial charge in [-0.25, -0.2) is 0 Å². The van der Waals surface area contributed by atoms with Gasteiger partial charge in [-0.15, -0.1) is 12.8 Å². The van der Waals surface area contributed by atoms with Gasteiger partial charge in [0.15, 0.2) is 0 Å². The van der Waals surface area contributed by atoms with Gasteiger partial charge in [-0.3, -0.25) is 9.59 Å². The fourth-order valence-electron chi connectivity index (χ4n) is 4.07. The number of alkyl halides is 6. The van der Waals surface area contributed by atoms with Crippen molar-refractivity contribution in [3.05, 3.63) is 128 Å². The maximum absolute atomic E-state index is 13.0. The number of nitrogens with one attached hydrogen (secondary N) is 1. The van der Waals surface area contributed by atoms with Crippen molar-refractivity contribution in [2.24, 2.45) is 0 Å². The van der Waals surface area contributed by atoms with Crippen LogP contribution < -0.4 is 11.1 Å². The zero-order valence-corrected chi connectivity index (χ0v) is 26.7. The molecule has 0 fully saturated rings. The monoisotopic (exact) mass is 702 g/mol. The quantitative estimate of drug-likeness (QED) is 0.0732. The van der Waals surface area contributed by atoms with Crippen LogP contribution in [0, 0.1) is 38.5 Å². The van der Waals surface area contributed by atoms with Crippen LogP contribution >= 0.6 is 11.6 Å². The number of rotatable bonds is 5. The average molecular weight is 703 g/mol. The minimum atomic E-state index is -4.63. The fraction of sp³-hybridized carbons (Fsp3) is 0.167. The molecule has 0 saturated carbocycles. The van der Waals surface area contributed by atoms with Gasteiger partial charge in [0.05, 0.1) is 24.3 Å². The summed E-state index contributed by atoms with van der Waals surface area (Å²) in [7, 11) is 0. The molecule has 0 saturated heterocycles. The number of aliphatic hydroxyl groups is 2. The number of aliphatic hydroxyl groups excluding tert-OH is 2. The van der Waals surface area contributed by atoms with Crippen LogP contribution in [0.3, 0.4) is 0 Å². The molecular weight excluding hydrogens is 674 g/mol. The van der Waals surface area contributed by atoms with Crippen molar-refractivity contribution in [2.45, 2.75) is 39.4 Å². The molecule has 0 spiro atoms. The minimum absolute atomic E-state index is 0.0210. The molecule has 1 amide bonds. The van der Waals surface area contributed by atoms with Gasteiger partial charge < -0.3 is 21.3 Å². The first-order chi connectivity index (χ1) is 22.9. The molecule has 49 heavy (non-hydrogen) atoms. The molecule has 0 heterocycles. The lowest BCUT2D eigenvalue weighted by atomic mass is 10.0. The van der Waals surface area contributed by atoms with E-state index in [2.05, 4.69) is 17.2 Å². The first kappa shape index (κ1) is 39.9. The van der Waals surface area contributed by atoms with Crippen LogP contribution in [0.25, 0.3) is 0 Å². The van der Waals surface area contributed by atoms with Crippen molar-refractivity contribution in [3.63, 3.8) is 0 Å². The number of aryl methyl sites for hydroxylation is 2. The molecule has 5 N–H and O–H groups in total. The van der Waals surface area contributed by atoms with Gasteiger partial charge in [-0.1, -0.05) is 36.1 Å². The molecule has 4 aromatic rings. The first-order valence-electron chi connectivity index (χ1n) is 13.9. The van der Waals surface area contributed by atoms with E-state index in [1.807, 2.05) is 6.92 Å². The Morgan fingerprint density at radius 1 is 0.735 bits per heavy atom. The Morgan fingerprint density at radius 3 is 1.63 bits per heavy atom. The van der Waals surface area contributed by atoms with Gasteiger partial charge in [0.2, 0.25) is 0 Å². The highest BCUT2D eigenvalue weighted by atomic mass is 35.5. The number of benzene rings is 4. The lowest BCUT2D eigenvalue weighted by molar-refractivity contribution is -0.139. The summed E-state index contributed by atoms with van der Waals surface area (Å²) in [6.07, 6.45) is 1.47. The van der Waals surface area contributed by atoms with Gasteiger partial charge in [0.1, 0.15) is 0 Å². The molecule has 0 bridgehead atoms. The van der Waals surface area contributed by atoms with E-state index in [-0.39, 0.29) is 28.1 Å². The number of carbonyl (C=O) groups is 2. The molecule has 6 nitrogen and oxygen atoms in total. The summed E-state index contributed by atoms with van der Waals surface area (Å²) in [6, 6.07) is 16.3. The number of amides is 1. The third-order valence-electron chi connectivity index (χ3n) is 6.73. The second-order valence-electron chi connectivity index (χ2n) is 10.2. The lowest BCUT2D eigenvalue weighted by Gasteiger charge is -2.14. The van der Waals surface area contributed by atoms with Gasteiger partial charge in [0, 0.05) is 33.6 Å². The fourth-order valence-corrected chi connectivity index (χ4v) is 4.19. The van der Waals surface area contributed by atoms with Crippen LogP contribution in [0.4, 0.5) is 37.7 Å². The first-order valence-corrected chi connectivity index (χ1v) is 14.3. The second-order valence-corrected chi connectivity index (χ2v) is 10.5. The minimum Gasteiger partial charge on any atom is -0.399 e. The van der Waals surface area contributed by atoms with E-state index in [9.17, 15) is 35.9 Å². The molecule has 0 unspecified atom stereocenters. The predicted octanol–water partition coefficient (Wildman–Crippen LogP) is 7.87. The zero-order valence-electron chi connectivity index (χ0n) is 25.9. The van der Waals surface area contributed by atoms with E-state index in [0.717, 1.165) is 35.4 Å². The number of anilines is 2. The molecule has 0 aromatic heterocycles. The van der Waals surface area contributed by atoms with Gasteiger partial charge >= 0.3 is 12.4 Å². The van der Waals surface area contributed by atoms with E-state index >= 15 is 0 Å². The molecule has 0 aliphatic heterocycles. The summed E-state index contributed by atoms with van der Waals surface area (Å²) in [5, 5.41) is 19.6. The number of nitrogen functional groups attached to an aromatic ring is 1. The van der Waals surface area contributed by atoms with Crippen LogP contribution in [-0.2, 0) is 25.6 Å². The van der Waals surface area contributed by atoms with Crippen molar-refractivity contribution in [1.82, 2.24) is 0 Å². The third-order valence-corrected chi connectivity index (χ3v) is 6.95. The maximum Gasteiger partial charge on any atom is 0.416 e. The summed E-state index contributed by atoms with van der Waals surface area (Å²) >= 11 is 5.28. The van der Waals surface area contributed by atoms with Crippen LogP contribution in [-0.4, -0.2) is 21.4 Å². The highest BCUT2D eigenvalue weighted by molar-refractivity contribution is 6.67. The Bertz CT molecular complexity index is 1910. The average Bonchev–Trinajstić information content (AvgIpc) is 3.04. The van der Waals surface area contributed by atoms with Crippen molar-refractivity contribution in [2.75, 3.05) is 11.1 Å². The Labute approximate surface area is 283 Å². The Morgan fingerprint density at radius 2 is 1.18 bits per heavy atom. The smallest absolute Gasteiger partial charge is 0.399 e. The molecular formula is C36H29ClF6N2O4. The van der Waals surface area contributed by atoms with Crippen molar-refractivity contribution < 1.29 is 46.1 Å². The van der Waals surface area contributed by atoms with Gasteiger partial charge in [-0.2, -0.15) is 26.3 Å². The second kappa shape index (κ2) is 17.2. The van der Waals surface area contributed by atoms with E-state index in [0.29, 0.717) is 16.7 Å². The normalized spacial score (nSPS) is 10.7. The number of terminal acetylenes is 2. The molecule has 4 aromatic carbocycles. The molecule has 0 aliphatic rings. The summed E-state index contributed by atoms with van der Waals surface area (Å²) in [4.78, 5) is 22.9. The zero-order chi connectivity index (χ0) is 37.1. The van der Waals surface area contributed by atoms with Gasteiger partial charge in [0.25, 0.3) is 11.1 Å². The Balaban J connectivity index is 0.000000281. The molecule has 0 aliphatic carbocycles. The SMILES string of the molecule is C#Cc1cc(C(=O)Cl)ccc1C.C#Cc1cc(C(=O)Nc2ccc(CO)c(C(F)(F)F)c2)ccc1C.Nc1ccc(CO)c(C(F)(F)F)c1. The molecule has 13 heteroatoms. The summed E-state index contributed by atoms with van der Waals surface area (Å²) < 4.78 is 75.7. The molecule has 0 atom stereocenters. The number of carbonyl (C=O) groups excluding carboxylic acids is 2. The molecule has 4 rings (SSSR count). The highest BCUT2D eigenvalue weighted by Crippen LogP contribution is 2.34. The summed E-state index contributed by atoms with van der Waals surface area (Å²) in [6.45, 7) is 2.29. The molecule has 256 valence electrons. The van der Waals surface area contributed by atoms with Crippen LogP contribution in [0.5, 0.6) is 0 Å². The lowest BCUT2D eigenvalue weighted by Crippen LogP contribution is -2.15. The highest BCUT2D eigenvalue weighted by Gasteiger charge is 2.34. The van der Waals surface area contributed by atoms with E-state index < -0.39 is 47.8 Å². The summed E-state index contributed by atoms with van der Waals surface area (Å²) in [5.41, 5.74) is 6.64. The van der Waals surface area contributed by atoms with E-state index in [1.54, 1.807) is 31.2 Å². The largest absolute Gasteiger partial charge is 0.416 e. The Hall–Kier alpha value is -5.27. The number of nitrogens with two attached hydrogens (primary N) is 1. The van der Waals surface area contributed by atoms with E-state index in [1.165, 1.54) is 24.3 Å². The third kappa shape index (κ3) is 11.4. The van der Waals surface area contributed by atoms with Crippen molar-refractivity contribution in [1.29, 1.82) is 0 Å². The van der Waals surface area contributed by atoms with E-state index in [4.69, 9.17) is 40.4 Å². The molecule has 0 radical (unpaired) electrons. The van der Waals surface area contributed by atoms with Crippen molar-refractivity contribution in [3.8, 4) is 24.7 Å².